The van der Waals surface area contributed by atoms with Crippen molar-refractivity contribution in [2.24, 2.45) is 0 Å². The Bertz CT molecular complexity index is 1260. The van der Waals surface area contributed by atoms with Gasteiger partial charge in [0.25, 0.3) is 6.43 Å². The minimum Gasteiger partial charge on any atom is -0.369 e. The third-order valence-corrected chi connectivity index (χ3v) is 7.23. The highest BCUT2D eigenvalue weighted by molar-refractivity contribution is 5.18. The van der Waals surface area contributed by atoms with E-state index in [1.165, 1.54) is 0 Å². The van der Waals surface area contributed by atoms with Crippen LogP contribution in [-0.4, -0.2) is 42.2 Å². The Hall–Kier alpha value is -3.42. The Morgan fingerprint density at radius 2 is 0.950 bits per heavy atom. The Balaban J connectivity index is 1.45. The van der Waals surface area contributed by atoms with Gasteiger partial charge in [-0.05, 0) is 22.3 Å². The lowest BCUT2D eigenvalue weighted by Gasteiger charge is -2.48. The number of alkyl halides is 2. The highest BCUT2D eigenvalue weighted by Gasteiger charge is 2.49. The van der Waals surface area contributed by atoms with Gasteiger partial charge in [0.1, 0.15) is 18.2 Å². The van der Waals surface area contributed by atoms with Crippen molar-refractivity contribution in [1.82, 2.24) is 4.90 Å². The molecule has 5 rings (SSSR count). The molecule has 0 spiro atoms. The minimum absolute atomic E-state index is 0.199. The summed E-state index contributed by atoms with van der Waals surface area (Å²) in [6, 6.07) is 37.8. The highest BCUT2D eigenvalue weighted by atomic mass is 19.3. The zero-order chi connectivity index (χ0) is 27.6. The van der Waals surface area contributed by atoms with Crippen LogP contribution in [0.1, 0.15) is 22.3 Å². The Kier molecular flexibility index (Phi) is 10.0. The van der Waals surface area contributed by atoms with Crippen LogP contribution in [0.25, 0.3) is 0 Å². The lowest BCUT2D eigenvalue weighted by atomic mass is 9.92. The maximum Gasteiger partial charge on any atom is 0.256 e. The van der Waals surface area contributed by atoms with E-state index in [9.17, 15) is 8.78 Å². The molecule has 40 heavy (non-hydrogen) atoms. The summed E-state index contributed by atoms with van der Waals surface area (Å²) in [5.74, 6) is 0. The van der Waals surface area contributed by atoms with Crippen LogP contribution >= 0.6 is 0 Å². The second-order valence-electron chi connectivity index (χ2n) is 10.1. The van der Waals surface area contributed by atoms with Crippen LogP contribution in [0.15, 0.2) is 121 Å². The van der Waals surface area contributed by atoms with Crippen molar-refractivity contribution in [2.75, 3.05) is 6.54 Å². The molecule has 6 heteroatoms. The van der Waals surface area contributed by atoms with Crippen LogP contribution in [0.3, 0.4) is 0 Å². The fourth-order valence-corrected chi connectivity index (χ4v) is 5.22. The molecule has 1 fully saturated rings. The molecule has 1 aliphatic heterocycles. The minimum atomic E-state index is -2.64. The summed E-state index contributed by atoms with van der Waals surface area (Å²) < 4.78 is 49.2. The largest absolute Gasteiger partial charge is 0.369 e. The van der Waals surface area contributed by atoms with Gasteiger partial charge < -0.3 is 14.2 Å². The normalized spacial score (nSPS) is 21.5. The number of likely N-dealkylation sites (tertiary alicyclic amines) is 1. The van der Waals surface area contributed by atoms with Crippen LogP contribution in [0, 0.1) is 0 Å². The summed E-state index contributed by atoms with van der Waals surface area (Å²) >= 11 is 0. The molecule has 0 bridgehead atoms. The van der Waals surface area contributed by atoms with E-state index in [4.69, 9.17) is 14.2 Å². The maximum absolute atomic E-state index is 14.9. The van der Waals surface area contributed by atoms with E-state index < -0.39 is 30.8 Å². The van der Waals surface area contributed by atoms with Gasteiger partial charge in [-0.2, -0.15) is 0 Å². The fraction of sp³-hybridized carbons (Fsp3) is 0.294. The van der Waals surface area contributed by atoms with Gasteiger partial charge >= 0.3 is 0 Å². The quantitative estimate of drug-likeness (QED) is 0.195. The van der Waals surface area contributed by atoms with Crippen molar-refractivity contribution >= 4 is 0 Å². The van der Waals surface area contributed by atoms with E-state index in [0.29, 0.717) is 19.7 Å². The molecule has 0 saturated carbocycles. The van der Waals surface area contributed by atoms with Crippen molar-refractivity contribution in [1.29, 1.82) is 0 Å². The molecule has 0 unspecified atom stereocenters. The first-order valence-electron chi connectivity index (χ1n) is 13.7. The second-order valence-corrected chi connectivity index (χ2v) is 10.1. The number of ether oxygens (including phenoxy) is 3. The Labute approximate surface area is 235 Å². The standard InChI is InChI=1S/C34H35F2NO3/c35-34(36)31-33(40-25-29-19-11-4-12-20-29)32(39-24-28-17-9-3-10-18-28)30(38-23-27-15-7-2-8-16-27)22-37(31)21-26-13-5-1-6-14-26/h1-20,30-34H,21-25H2/t30-,31-,32+,33+/m0/s1. The average Bonchev–Trinajstić information content (AvgIpc) is 3.00. The molecule has 1 saturated heterocycles. The fourth-order valence-electron chi connectivity index (χ4n) is 5.22. The Morgan fingerprint density at radius 1 is 0.550 bits per heavy atom. The molecule has 4 aromatic carbocycles. The predicted molar refractivity (Wildman–Crippen MR) is 152 cm³/mol. The lowest BCUT2D eigenvalue weighted by Crippen LogP contribution is -2.65. The molecule has 1 aliphatic rings. The number of nitrogens with zero attached hydrogens (tertiary/aromatic N) is 1. The van der Waals surface area contributed by atoms with Crippen molar-refractivity contribution in [3.63, 3.8) is 0 Å². The molecule has 208 valence electrons. The zero-order valence-electron chi connectivity index (χ0n) is 22.4. The first-order chi connectivity index (χ1) is 19.7. The molecular formula is C34H35F2NO3. The molecule has 0 amide bonds. The van der Waals surface area contributed by atoms with Crippen molar-refractivity contribution in [2.45, 2.75) is 57.1 Å². The summed E-state index contributed by atoms with van der Waals surface area (Å²) in [6.07, 6.45) is -4.73. The number of piperidine rings is 1. The van der Waals surface area contributed by atoms with Crippen LogP contribution in [0.4, 0.5) is 8.78 Å². The molecule has 4 atom stereocenters. The zero-order valence-corrected chi connectivity index (χ0v) is 22.4. The first-order valence-corrected chi connectivity index (χ1v) is 13.7. The van der Waals surface area contributed by atoms with Crippen molar-refractivity contribution in [3.8, 4) is 0 Å². The van der Waals surface area contributed by atoms with Gasteiger partial charge in [0.05, 0.1) is 25.9 Å². The van der Waals surface area contributed by atoms with Gasteiger partial charge in [-0.3, -0.25) is 4.90 Å². The van der Waals surface area contributed by atoms with Crippen LogP contribution < -0.4 is 0 Å². The van der Waals surface area contributed by atoms with Crippen molar-refractivity contribution in [3.05, 3.63) is 144 Å². The summed E-state index contributed by atoms with van der Waals surface area (Å²) in [7, 11) is 0. The van der Waals surface area contributed by atoms with Gasteiger partial charge in [-0.25, -0.2) is 8.78 Å². The summed E-state index contributed by atoms with van der Waals surface area (Å²) in [4.78, 5) is 1.80. The predicted octanol–water partition coefficient (Wildman–Crippen LogP) is 6.89. The summed E-state index contributed by atoms with van der Waals surface area (Å²) in [5.41, 5.74) is 3.85. The van der Waals surface area contributed by atoms with Crippen molar-refractivity contribution < 1.29 is 23.0 Å². The number of hydrogen-bond donors (Lipinski definition) is 0. The van der Waals surface area contributed by atoms with E-state index in [1.54, 1.807) is 4.90 Å². The first kappa shape index (κ1) is 28.1. The Morgan fingerprint density at radius 3 is 1.40 bits per heavy atom. The van der Waals surface area contributed by atoms with Crippen LogP contribution in [0.5, 0.6) is 0 Å². The van der Waals surface area contributed by atoms with Gasteiger partial charge in [0.15, 0.2) is 0 Å². The molecule has 0 aliphatic carbocycles. The molecule has 0 N–H and O–H groups in total. The van der Waals surface area contributed by atoms with Gasteiger partial charge in [0.2, 0.25) is 0 Å². The third-order valence-electron chi connectivity index (χ3n) is 7.23. The van der Waals surface area contributed by atoms with Gasteiger partial charge in [-0.15, -0.1) is 0 Å². The number of benzene rings is 4. The van der Waals surface area contributed by atoms with E-state index in [0.717, 1.165) is 22.3 Å². The highest BCUT2D eigenvalue weighted by Crippen LogP contribution is 2.32. The number of hydrogen-bond acceptors (Lipinski definition) is 4. The van der Waals surface area contributed by atoms with E-state index in [-0.39, 0.29) is 13.2 Å². The summed E-state index contributed by atoms with van der Waals surface area (Å²) in [6.45, 7) is 1.47. The van der Waals surface area contributed by atoms with Gasteiger partial charge in [-0.1, -0.05) is 121 Å². The molecular weight excluding hydrogens is 508 g/mol. The molecule has 0 radical (unpaired) electrons. The molecule has 4 nitrogen and oxygen atoms in total. The van der Waals surface area contributed by atoms with E-state index in [1.807, 2.05) is 121 Å². The molecule has 4 aromatic rings. The van der Waals surface area contributed by atoms with E-state index >= 15 is 0 Å². The topological polar surface area (TPSA) is 30.9 Å². The average molecular weight is 544 g/mol. The molecule has 0 aromatic heterocycles. The molecule has 1 heterocycles. The van der Waals surface area contributed by atoms with Crippen LogP contribution in [0.2, 0.25) is 0 Å². The second kappa shape index (κ2) is 14.3. The van der Waals surface area contributed by atoms with Gasteiger partial charge in [0, 0.05) is 13.1 Å². The maximum atomic E-state index is 14.9. The van der Waals surface area contributed by atoms with Crippen LogP contribution in [-0.2, 0) is 40.6 Å². The SMILES string of the molecule is FC(F)[C@@H]1[C@@H](OCc2ccccc2)[C@H](OCc2ccccc2)[C@@H](OCc2ccccc2)CN1Cc1ccccc1. The summed E-state index contributed by atoms with van der Waals surface area (Å²) in [5, 5.41) is 0. The van der Waals surface area contributed by atoms with E-state index in [2.05, 4.69) is 0 Å². The number of halogens is 2. The smallest absolute Gasteiger partial charge is 0.256 e. The lowest BCUT2D eigenvalue weighted by molar-refractivity contribution is -0.222. The monoisotopic (exact) mass is 543 g/mol. The number of rotatable bonds is 12. The third kappa shape index (κ3) is 7.61.